The average Bonchev–Trinajstić information content (AvgIpc) is 3.15. The summed E-state index contributed by atoms with van der Waals surface area (Å²) in [6.45, 7) is -0.141. The number of rotatable bonds is 6. The van der Waals surface area contributed by atoms with E-state index in [2.05, 4.69) is 20.0 Å². The quantitative estimate of drug-likeness (QED) is 0.659. The Balaban J connectivity index is 1.48. The molecule has 0 aliphatic heterocycles. The highest BCUT2D eigenvalue weighted by atomic mass is 32.1. The Morgan fingerprint density at radius 3 is 2.42 bits per heavy atom. The summed E-state index contributed by atoms with van der Waals surface area (Å²) in [6.07, 6.45) is 3.07. The molecule has 0 bridgehead atoms. The highest BCUT2D eigenvalue weighted by Gasteiger charge is 2.09. The number of carbonyl (C=O) groups excluding carboxylic acids is 2. The zero-order valence-corrected chi connectivity index (χ0v) is 14.6. The third-order valence-electron chi connectivity index (χ3n) is 3.35. The van der Waals surface area contributed by atoms with Gasteiger partial charge >= 0.3 is 0 Å². The molecule has 0 aliphatic carbocycles. The van der Waals surface area contributed by atoms with E-state index in [0.29, 0.717) is 11.0 Å². The van der Waals surface area contributed by atoms with E-state index in [1.807, 2.05) is 60.7 Å². The van der Waals surface area contributed by atoms with Gasteiger partial charge in [-0.15, -0.1) is 0 Å². The molecule has 7 heteroatoms. The normalized spacial score (nSPS) is 10.6. The molecule has 1 aromatic heterocycles. The van der Waals surface area contributed by atoms with Crippen LogP contribution >= 0.6 is 11.5 Å². The number of carbonyl (C=O) groups is 2. The summed E-state index contributed by atoms with van der Waals surface area (Å²) in [5.74, 6) is -0.144. The Kier molecular flexibility index (Phi) is 5.84. The highest BCUT2D eigenvalue weighted by molar-refractivity contribution is 7.10. The van der Waals surface area contributed by atoms with Crippen LogP contribution in [-0.4, -0.2) is 27.7 Å². The van der Waals surface area contributed by atoms with Crippen molar-refractivity contribution >= 4 is 34.6 Å². The summed E-state index contributed by atoms with van der Waals surface area (Å²) in [4.78, 5) is 28.0. The molecule has 6 nitrogen and oxygen atoms in total. The van der Waals surface area contributed by atoms with Crippen molar-refractivity contribution in [3.8, 4) is 11.4 Å². The molecule has 3 rings (SSSR count). The van der Waals surface area contributed by atoms with E-state index < -0.39 is 0 Å². The van der Waals surface area contributed by atoms with Gasteiger partial charge in [-0.25, -0.2) is 0 Å². The molecule has 130 valence electrons. The second-order valence-electron chi connectivity index (χ2n) is 5.30. The van der Waals surface area contributed by atoms with Crippen LogP contribution < -0.4 is 10.6 Å². The first-order valence-corrected chi connectivity index (χ1v) is 8.68. The van der Waals surface area contributed by atoms with Crippen LogP contribution in [0.2, 0.25) is 0 Å². The lowest BCUT2D eigenvalue weighted by Crippen LogP contribution is -2.31. The first kappa shape index (κ1) is 17.5. The standard InChI is InChI=1S/C19H16N4O2S/c24-16(12-11-14-7-3-1-4-8-14)20-13-17(25)21-19-22-18(23-26-19)15-9-5-2-6-10-15/h1-12H,13H2,(H,20,24)(H,21,22,23,25)/b12-11+. The van der Waals surface area contributed by atoms with Gasteiger partial charge in [0, 0.05) is 23.2 Å². The molecule has 0 spiro atoms. The number of aromatic nitrogens is 2. The molecule has 0 saturated carbocycles. The van der Waals surface area contributed by atoms with Crippen molar-refractivity contribution in [3.05, 3.63) is 72.3 Å². The van der Waals surface area contributed by atoms with Crippen LogP contribution in [0.15, 0.2) is 66.7 Å². The van der Waals surface area contributed by atoms with Crippen molar-refractivity contribution in [2.24, 2.45) is 0 Å². The van der Waals surface area contributed by atoms with E-state index in [4.69, 9.17) is 0 Å². The molecule has 2 N–H and O–H groups in total. The SMILES string of the molecule is O=C(/C=C/c1ccccc1)NCC(=O)Nc1nc(-c2ccccc2)ns1. The first-order valence-electron chi connectivity index (χ1n) is 7.90. The third-order valence-corrected chi connectivity index (χ3v) is 3.98. The predicted molar refractivity (Wildman–Crippen MR) is 102 cm³/mol. The lowest BCUT2D eigenvalue weighted by molar-refractivity contribution is -0.121. The van der Waals surface area contributed by atoms with Crippen LogP contribution in [0.4, 0.5) is 5.13 Å². The molecule has 1 heterocycles. The average molecular weight is 364 g/mol. The number of benzene rings is 2. The molecule has 0 radical (unpaired) electrons. The molecular formula is C19H16N4O2S. The number of nitrogens with zero attached hydrogens (tertiary/aromatic N) is 2. The fourth-order valence-electron chi connectivity index (χ4n) is 2.10. The number of amides is 2. The van der Waals surface area contributed by atoms with Gasteiger partial charge in [-0.05, 0) is 11.6 Å². The van der Waals surface area contributed by atoms with Gasteiger partial charge in [-0.3, -0.25) is 14.9 Å². The molecule has 2 aromatic carbocycles. The first-order chi connectivity index (χ1) is 12.7. The van der Waals surface area contributed by atoms with Gasteiger partial charge in [0.2, 0.25) is 16.9 Å². The van der Waals surface area contributed by atoms with E-state index >= 15 is 0 Å². The second kappa shape index (κ2) is 8.68. The fourth-order valence-corrected chi connectivity index (χ4v) is 2.71. The predicted octanol–water partition coefficient (Wildman–Crippen LogP) is 2.97. The summed E-state index contributed by atoms with van der Waals surface area (Å²) in [5, 5.41) is 5.55. The largest absolute Gasteiger partial charge is 0.343 e. The molecule has 0 atom stereocenters. The van der Waals surface area contributed by atoms with Crippen LogP contribution in [0.1, 0.15) is 5.56 Å². The van der Waals surface area contributed by atoms with E-state index in [1.54, 1.807) is 6.08 Å². The highest BCUT2D eigenvalue weighted by Crippen LogP contribution is 2.20. The minimum atomic E-state index is -0.359. The van der Waals surface area contributed by atoms with Gasteiger partial charge in [0.15, 0.2) is 5.82 Å². The molecule has 3 aromatic rings. The van der Waals surface area contributed by atoms with Crippen molar-refractivity contribution < 1.29 is 9.59 Å². The van der Waals surface area contributed by atoms with Gasteiger partial charge < -0.3 is 5.32 Å². The fraction of sp³-hybridized carbons (Fsp3) is 0.0526. The van der Waals surface area contributed by atoms with Gasteiger partial charge in [0.25, 0.3) is 0 Å². The summed E-state index contributed by atoms with van der Waals surface area (Å²) in [6, 6.07) is 18.9. The second-order valence-corrected chi connectivity index (χ2v) is 6.05. The Morgan fingerprint density at radius 2 is 1.69 bits per heavy atom. The monoisotopic (exact) mass is 364 g/mol. The number of nitrogens with one attached hydrogen (secondary N) is 2. The minimum Gasteiger partial charge on any atom is -0.343 e. The Labute approximate surface area is 154 Å². The maximum atomic E-state index is 11.9. The van der Waals surface area contributed by atoms with Gasteiger partial charge in [-0.1, -0.05) is 60.7 Å². The Bertz CT molecular complexity index is 908. The number of hydrogen-bond donors (Lipinski definition) is 2. The summed E-state index contributed by atoms with van der Waals surface area (Å²) < 4.78 is 4.22. The zero-order valence-electron chi connectivity index (χ0n) is 13.8. The molecular weight excluding hydrogens is 348 g/mol. The van der Waals surface area contributed by atoms with Gasteiger partial charge in [0.05, 0.1) is 6.54 Å². The summed E-state index contributed by atoms with van der Waals surface area (Å²) in [7, 11) is 0. The Morgan fingerprint density at radius 1 is 1.00 bits per heavy atom. The smallest absolute Gasteiger partial charge is 0.245 e. The summed E-state index contributed by atoms with van der Waals surface area (Å²) >= 11 is 1.09. The van der Waals surface area contributed by atoms with Gasteiger partial charge in [0.1, 0.15) is 0 Å². The van der Waals surface area contributed by atoms with Crippen LogP contribution in [0, 0.1) is 0 Å². The molecule has 2 amide bonds. The maximum Gasteiger partial charge on any atom is 0.245 e. The van der Waals surface area contributed by atoms with Gasteiger partial charge in [-0.2, -0.15) is 9.36 Å². The maximum absolute atomic E-state index is 11.9. The van der Waals surface area contributed by atoms with Crippen LogP contribution in [0.5, 0.6) is 0 Å². The van der Waals surface area contributed by atoms with E-state index in [1.165, 1.54) is 6.08 Å². The van der Waals surface area contributed by atoms with E-state index in [-0.39, 0.29) is 18.4 Å². The van der Waals surface area contributed by atoms with Crippen molar-refractivity contribution in [2.45, 2.75) is 0 Å². The molecule has 0 unspecified atom stereocenters. The summed E-state index contributed by atoms with van der Waals surface area (Å²) in [5.41, 5.74) is 1.79. The van der Waals surface area contributed by atoms with Crippen LogP contribution in [0.3, 0.4) is 0 Å². The van der Waals surface area contributed by atoms with Crippen molar-refractivity contribution in [3.63, 3.8) is 0 Å². The minimum absolute atomic E-state index is 0.141. The third kappa shape index (κ3) is 5.09. The van der Waals surface area contributed by atoms with E-state index in [9.17, 15) is 9.59 Å². The number of hydrogen-bond acceptors (Lipinski definition) is 5. The topological polar surface area (TPSA) is 84.0 Å². The zero-order chi connectivity index (χ0) is 18.2. The lowest BCUT2D eigenvalue weighted by Gasteiger charge is -2.02. The number of anilines is 1. The molecule has 0 fully saturated rings. The Hall–Kier alpha value is -3.32. The molecule has 0 saturated heterocycles. The van der Waals surface area contributed by atoms with Crippen molar-refractivity contribution in [1.29, 1.82) is 0 Å². The van der Waals surface area contributed by atoms with E-state index in [0.717, 1.165) is 22.7 Å². The molecule has 26 heavy (non-hydrogen) atoms. The molecule has 0 aliphatic rings. The van der Waals surface area contributed by atoms with Crippen molar-refractivity contribution in [2.75, 3.05) is 11.9 Å². The van der Waals surface area contributed by atoms with Crippen LogP contribution in [-0.2, 0) is 9.59 Å². The van der Waals surface area contributed by atoms with Crippen molar-refractivity contribution in [1.82, 2.24) is 14.7 Å². The lowest BCUT2D eigenvalue weighted by atomic mass is 10.2. The van der Waals surface area contributed by atoms with Crippen LogP contribution in [0.25, 0.3) is 17.5 Å².